The number of nitrogens with two attached hydrogens (primary N) is 1. The van der Waals surface area contributed by atoms with Gasteiger partial charge in [0, 0.05) is 6.42 Å². The summed E-state index contributed by atoms with van der Waals surface area (Å²) in [5.74, 6) is 0. The van der Waals surface area contributed by atoms with Gasteiger partial charge in [0.2, 0.25) is 0 Å². The third-order valence-electron chi connectivity index (χ3n) is 1.13. The van der Waals surface area contributed by atoms with Crippen LogP contribution >= 0.6 is 11.7 Å². The normalized spacial score (nSPS) is 10.0. The van der Waals surface area contributed by atoms with E-state index in [1.54, 1.807) is 0 Å². The van der Waals surface area contributed by atoms with Gasteiger partial charge in [-0.25, -0.2) is 0 Å². The fraction of sp³-hybridized carbons (Fsp3) is 0.600. The summed E-state index contributed by atoms with van der Waals surface area (Å²) in [5.41, 5.74) is 7.39. The molecule has 0 aromatic carbocycles. The summed E-state index contributed by atoms with van der Waals surface area (Å²) in [5, 5.41) is 0. The molecule has 9 heavy (non-hydrogen) atoms. The molecule has 0 aliphatic rings. The van der Waals surface area contributed by atoms with Gasteiger partial charge in [0.15, 0.2) is 0 Å². The second-order valence-electron chi connectivity index (χ2n) is 1.84. The highest BCUT2D eigenvalue weighted by Crippen LogP contribution is 2.02. The quantitative estimate of drug-likeness (QED) is 0.649. The first-order valence-electron chi connectivity index (χ1n) is 2.82. The Morgan fingerprint density at radius 2 is 2.33 bits per heavy atom. The van der Waals surface area contributed by atoms with Crippen molar-refractivity contribution in [3.63, 3.8) is 0 Å². The number of aryl methyl sites for hydroxylation is 1. The van der Waals surface area contributed by atoms with Gasteiger partial charge in [0.05, 0.1) is 23.1 Å². The average molecular weight is 143 g/mol. The Balaban J connectivity index is 2.69. The molecule has 0 amide bonds. The zero-order valence-electron chi connectivity index (χ0n) is 5.29. The Kier molecular flexibility index (Phi) is 2.13. The van der Waals surface area contributed by atoms with Gasteiger partial charge in [0.25, 0.3) is 0 Å². The molecule has 4 heteroatoms. The van der Waals surface area contributed by atoms with Crippen LogP contribution in [0.2, 0.25) is 0 Å². The van der Waals surface area contributed by atoms with E-state index in [-0.39, 0.29) is 0 Å². The second-order valence-corrected chi connectivity index (χ2v) is 2.36. The van der Waals surface area contributed by atoms with Crippen LogP contribution in [0.3, 0.4) is 0 Å². The van der Waals surface area contributed by atoms with E-state index in [0.717, 1.165) is 17.8 Å². The van der Waals surface area contributed by atoms with E-state index in [4.69, 9.17) is 5.73 Å². The average Bonchev–Trinajstić information content (AvgIpc) is 2.18. The fourth-order valence-corrected chi connectivity index (χ4v) is 1.20. The van der Waals surface area contributed by atoms with Crippen molar-refractivity contribution in [1.82, 2.24) is 8.75 Å². The Bertz CT molecular complexity index is 184. The molecule has 0 aliphatic heterocycles. The summed E-state index contributed by atoms with van der Waals surface area (Å²) in [6.07, 6.45) is 0.850. The fourth-order valence-electron chi connectivity index (χ4n) is 0.613. The molecule has 1 aromatic heterocycles. The minimum atomic E-state index is 0.659. The van der Waals surface area contributed by atoms with Crippen molar-refractivity contribution in [3.05, 3.63) is 11.4 Å². The molecule has 2 N–H and O–H groups in total. The largest absolute Gasteiger partial charge is 0.330 e. The number of aromatic nitrogens is 2. The van der Waals surface area contributed by atoms with Crippen molar-refractivity contribution in [3.8, 4) is 0 Å². The first-order valence-corrected chi connectivity index (χ1v) is 3.55. The maximum absolute atomic E-state index is 5.33. The van der Waals surface area contributed by atoms with E-state index in [0.29, 0.717) is 6.54 Å². The molecule has 0 bridgehead atoms. The monoisotopic (exact) mass is 143 g/mol. The topological polar surface area (TPSA) is 51.8 Å². The number of rotatable bonds is 2. The lowest BCUT2D eigenvalue weighted by Gasteiger charge is -1.88. The van der Waals surface area contributed by atoms with Gasteiger partial charge in [-0.3, -0.25) is 0 Å². The van der Waals surface area contributed by atoms with Crippen molar-refractivity contribution in [1.29, 1.82) is 0 Å². The molecule has 0 fully saturated rings. The SMILES string of the molecule is Cc1nsnc1CCN. The van der Waals surface area contributed by atoms with Gasteiger partial charge in [-0.2, -0.15) is 8.75 Å². The molecular formula is C5H9N3S. The van der Waals surface area contributed by atoms with Crippen molar-refractivity contribution in [2.75, 3.05) is 6.54 Å². The Morgan fingerprint density at radius 1 is 1.56 bits per heavy atom. The lowest BCUT2D eigenvalue weighted by atomic mass is 10.3. The summed E-state index contributed by atoms with van der Waals surface area (Å²) in [6.45, 7) is 2.61. The van der Waals surface area contributed by atoms with Gasteiger partial charge >= 0.3 is 0 Å². The predicted octanol–water partition coefficient (Wildman–Crippen LogP) is 0.348. The number of nitrogens with zero attached hydrogens (tertiary/aromatic N) is 2. The maximum atomic E-state index is 5.33. The molecule has 0 atom stereocenters. The van der Waals surface area contributed by atoms with Gasteiger partial charge in [-0.05, 0) is 13.5 Å². The van der Waals surface area contributed by atoms with Gasteiger partial charge < -0.3 is 5.73 Å². The molecule has 0 spiro atoms. The molecule has 1 heterocycles. The van der Waals surface area contributed by atoms with E-state index in [1.807, 2.05) is 6.92 Å². The molecule has 0 saturated carbocycles. The van der Waals surface area contributed by atoms with Crippen LogP contribution in [0.25, 0.3) is 0 Å². The lowest BCUT2D eigenvalue weighted by molar-refractivity contribution is 0.927. The van der Waals surface area contributed by atoms with E-state index in [1.165, 1.54) is 11.7 Å². The summed E-state index contributed by atoms with van der Waals surface area (Å²) in [7, 11) is 0. The Morgan fingerprint density at radius 3 is 2.78 bits per heavy atom. The zero-order valence-corrected chi connectivity index (χ0v) is 6.11. The van der Waals surface area contributed by atoms with E-state index >= 15 is 0 Å². The highest BCUT2D eigenvalue weighted by atomic mass is 32.1. The molecule has 0 aliphatic carbocycles. The van der Waals surface area contributed by atoms with Crippen LogP contribution in [0.5, 0.6) is 0 Å². The van der Waals surface area contributed by atoms with Gasteiger partial charge in [0.1, 0.15) is 0 Å². The smallest absolute Gasteiger partial charge is 0.0784 e. The molecule has 50 valence electrons. The maximum Gasteiger partial charge on any atom is 0.0784 e. The van der Waals surface area contributed by atoms with E-state index in [2.05, 4.69) is 8.75 Å². The summed E-state index contributed by atoms with van der Waals surface area (Å²) in [6, 6.07) is 0. The van der Waals surface area contributed by atoms with Crippen molar-refractivity contribution in [2.24, 2.45) is 5.73 Å². The van der Waals surface area contributed by atoms with Crippen LogP contribution in [0, 0.1) is 6.92 Å². The zero-order chi connectivity index (χ0) is 6.69. The minimum Gasteiger partial charge on any atom is -0.330 e. The molecule has 0 radical (unpaired) electrons. The van der Waals surface area contributed by atoms with Crippen LogP contribution in [0.4, 0.5) is 0 Å². The van der Waals surface area contributed by atoms with Crippen LogP contribution in [-0.2, 0) is 6.42 Å². The molecule has 1 rings (SSSR count). The summed E-state index contributed by atoms with van der Waals surface area (Å²) < 4.78 is 8.07. The van der Waals surface area contributed by atoms with Crippen molar-refractivity contribution in [2.45, 2.75) is 13.3 Å². The minimum absolute atomic E-state index is 0.659. The molecule has 3 nitrogen and oxygen atoms in total. The highest BCUT2D eigenvalue weighted by Gasteiger charge is 1.99. The molecular weight excluding hydrogens is 134 g/mol. The lowest BCUT2D eigenvalue weighted by Crippen LogP contribution is -2.03. The highest BCUT2D eigenvalue weighted by molar-refractivity contribution is 6.99. The number of hydrogen-bond donors (Lipinski definition) is 1. The summed E-state index contributed by atoms with van der Waals surface area (Å²) in [4.78, 5) is 0. The van der Waals surface area contributed by atoms with Gasteiger partial charge in [-0.15, -0.1) is 0 Å². The summed E-state index contributed by atoms with van der Waals surface area (Å²) >= 11 is 1.25. The van der Waals surface area contributed by atoms with Crippen LogP contribution in [0.1, 0.15) is 11.4 Å². The molecule has 1 aromatic rings. The Hall–Kier alpha value is -0.480. The van der Waals surface area contributed by atoms with Gasteiger partial charge in [-0.1, -0.05) is 0 Å². The van der Waals surface area contributed by atoms with Crippen LogP contribution in [-0.4, -0.2) is 15.3 Å². The molecule has 0 saturated heterocycles. The van der Waals surface area contributed by atoms with E-state index < -0.39 is 0 Å². The van der Waals surface area contributed by atoms with Crippen LogP contribution < -0.4 is 5.73 Å². The third-order valence-corrected chi connectivity index (χ3v) is 1.79. The van der Waals surface area contributed by atoms with Crippen LogP contribution in [0.15, 0.2) is 0 Å². The third kappa shape index (κ3) is 1.46. The van der Waals surface area contributed by atoms with Crippen molar-refractivity contribution >= 4 is 11.7 Å². The standard InChI is InChI=1S/C5H9N3S/c1-4-5(2-3-6)8-9-7-4/h2-3,6H2,1H3. The molecule has 0 unspecified atom stereocenters. The Labute approximate surface area is 58.2 Å². The number of hydrogen-bond acceptors (Lipinski definition) is 4. The van der Waals surface area contributed by atoms with E-state index in [9.17, 15) is 0 Å². The van der Waals surface area contributed by atoms with Crippen molar-refractivity contribution < 1.29 is 0 Å². The first-order chi connectivity index (χ1) is 4.34. The first kappa shape index (κ1) is 6.64. The second kappa shape index (κ2) is 2.89. The predicted molar refractivity (Wildman–Crippen MR) is 37.4 cm³/mol.